The van der Waals surface area contributed by atoms with Crippen molar-refractivity contribution in [3.8, 4) is 0 Å². The molecule has 1 aliphatic heterocycles. The van der Waals surface area contributed by atoms with Crippen molar-refractivity contribution < 1.29 is 14.7 Å². The van der Waals surface area contributed by atoms with Crippen LogP contribution in [-0.2, 0) is 6.42 Å². The Hall–Kier alpha value is -2.76. The molecule has 1 N–H and O–H groups in total. The summed E-state index contributed by atoms with van der Waals surface area (Å²) in [6.45, 7) is 0.534. The van der Waals surface area contributed by atoms with Crippen LogP contribution in [0.25, 0.3) is 0 Å². The van der Waals surface area contributed by atoms with Crippen LogP contribution in [0.1, 0.15) is 26.3 Å². The maximum atomic E-state index is 12.4. The molecule has 1 aromatic heterocycles. The Morgan fingerprint density at radius 3 is 2.60 bits per heavy atom. The molecule has 1 aromatic carbocycles. The Kier molecular flexibility index (Phi) is 2.90. The van der Waals surface area contributed by atoms with Crippen molar-refractivity contribution in [1.29, 1.82) is 0 Å². The van der Waals surface area contributed by atoms with Crippen molar-refractivity contribution in [2.45, 2.75) is 6.42 Å². The first kappa shape index (κ1) is 12.3. The number of carboxylic acid groups (broad SMARTS) is 1. The maximum Gasteiger partial charge on any atom is 0.335 e. The average Bonchev–Trinajstić information content (AvgIpc) is 2.90. The van der Waals surface area contributed by atoms with Gasteiger partial charge in [0.1, 0.15) is 6.33 Å². The number of rotatable bonds is 2. The van der Waals surface area contributed by atoms with E-state index in [4.69, 9.17) is 5.11 Å². The van der Waals surface area contributed by atoms with E-state index in [1.165, 1.54) is 24.8 Å². The fraction of sp³-hybridized carbons (Fsp3) is 0.143. The lowest BCUT2D eigenvalue weighted by Crippen LogP contribution is -2.29. The van der Waals surface area contributed by atoms with E-state index in [-0.39, 0.29) is 11.5 Å². The Bertz CT molecular complexity index is 685. The minimum absolute atomic E-state index is 0.174. The standard InChI is InChI=1S/C14H11N3O3/c18-13(11-6-15-8-16-7-11)17-4-3-9-1-2-10(14(19)20)5-12(9)17/h1-2,5-8H,3-4H2,(H,19,20). The average molecular weight is 269 g/mol. The van der Waals surface area contributed by atoms with Crippen LogP contribution in [0.4, 0.5) is 5.69 Å². The fourth-order valence-corrected chi connectivity index (χ4v) is 2.29. The van der Waals surface area contributed by atoms with Crippen molar-refractivity contribution >= 4 is 17.6 Å². The van der Waals surface area contributed by atoms with Gasteiger partial charge in [-0.15, -0.1) is 0 Å². The third-order valence-electron chi connectivity index (χ3n) is 3.28. The number of amides is 1. The second-order valence-corrected chi connectivity index (χ2v) is 4.48. The number of carbonyl (C=O) groups is 2. The van der Waals surface area contributed by atoms with Gasteiger partial charge in [-0.3, -0.25) is 4.79 Å². The van der Waals surface area contributed by atoms with E-state index in [1.54, 1.807) is 17.0 Å². The summed E-state index contributed by atoms with van der Waals surface area (Å²) in [6.07, 6.45) is 4.98. The largest absolute Gasteiger partial charge is 0.478 e. The summed E-state index contributed by atoms with van der Waals surface area (Å²) in [5.41, 5.74) is 2.19. The third kappa shape index (κ3) is 2.01. The first-order valence-electron chi connectivity index (χ1n) is 6.10. The van der Waals surface area contributed by atoms with E-state index < -0.39 is 5.97 Å². The Labute approximate surface area is 114 Å². The number of hydrogen-bond donors (Lipinski definition) is 1. The molecule has 1 amide bonds. The fourth-order valence-electron chi connectivity index (χ4n) is 2.29. The summed E-state index contributed by atoms with van der Waals surface area (Å²) in [4.78, 5) is 32.6. The second kappa shape index (κ2) is 4.73. The van der Waals surface area contributed by atoms with E-state index in [0.29, 0.717) is 24.2 Å². The van der Waals surface area contributed by atoms with Crippen molar-refractivity contribution in [3.63, 3.8) is 0 Å². The summed E-state index contributed by atoms with van der Waals surface area (Å²) in [5, 5.41) is 9.03. The molecule has 6 heteroatoms. The van der Waals surface area contributed by atoms with Crippen LogP contribution in [0.15, 0.2) is 36.9 Å². The van der Waals surface area contributed by atoms with Crippen molar-refractivity contribution in [2.24, 2.45) is 0 Å². The van der Waals surface area contributed by atoms with Gasteiger partial charge in [-0.25, -0.2) is 14.8 Å². The third-order valence-corrected chi connectivity index (χ3v) is 3.28. The highest BCUT2D eigenvalue weighted by molar-refractivity contribution is 6.07. The van der Waals surface area contributed by atoms with Crippen LogP contribution in [0, 0.1) is 0 Å². The zero-order valence-corrected chi connectivity index (χ0v) is 10.5. The lowest BCUT2D eigenvalue weighted by molar-refractivity contribution is 0.0696. The molecule has 0 spiro atoms. The molecule has 0 atom stereocenters. The molecule has 0 radical (unpaired) electrons. The van der Waals surface area contributed by atoms with Gasteiger partial charge in [0.05, 0.1) is 11.1 Å². The van der Waals surface area contributed by atoms with Gasteiger partial charge in [0.15, 0.2) is 0 Å². The van der Waals surface area contributed by atoms with E-state index in [0.717, 1.165) is 5.56 Å². The topological polar surface area (TPSA) is 83.4 Å². The van der Waals surface area contributed by atoms with Gasteiger partial charge in [0, 0.05) is 24.6 Å². The molecule has 0 aliphatic carbocycles. The van der Waals surface area contributed by atoms with E-state index >= 15 is 0 Å². The quantitative estimate of drug-likeness (QED) is 0.890. The van der Waals surface area contributed by atoms with Crippen LogP contribution in [-0.4, -0.2) is 33.5 Å². The van der Waals surface area contributed by atoms with Crippen LogP contribution < -0.4 is 4.90 Å². The van der Waals surface area contributed by atoms with Crippen LogP contribution in [0.3, 0.4) is 0 Å². The summed E-state index contributed by atoms with van der Waals surface area (Å²) in [7, 11) is 0. The van der Waals surface area contributed by atoms with Gasteiger partial charge < -0.3 is 10.0 Å². The normalized spacial score (nSPS) is 13.1. The van der Waals surface area contributed by atoms with Crippen molar-refractivity contribution in [3.05, 3.63) is 53.6 Å². The van der Waals surface area contributed by atoms with Gasteiger partial charge in [0.2, 0.25) is 0 Å². The van der Waals surface area contributed by atoms with Crippen LogP contribution >= 0.6 is 0 Å². The van der Waals surface area contributed by atoms with Crippen molar-refractivity contribution in [1.82, 2.24) is 9.97 Å². The van der Waals surface area contributed by atoms with Gasteiger partial charge in [-0.1, -0.05) is 6.07 Å². The number of anilines is 1. The Morgan fingerprint density at radius 1 is 1.15 bits per heavy atom. The predicted molar refractivity (Wildman–Crippen MR) is 70.8 cm³/mol. The zero-order chi connectivity index (χ0) is 14.1. The van der Waals surface area contributed by atoms with Gasteiger partial charge in [-0.2, -0.15) is 0 Å². The first-order valence-corrected chi connectivity index (χ1v) is 6.10. The zero-order valence-electron chi connectivity index (χ0n) is 10.5. The molecule has 2 aromatic rings. The molecule has 0 fully saturated rings. The Balaban J connectivity index is 1.98. The highest BCUT2D eigenvalue weighted by Crippen LogP contribution is 2.30. The van der Waals surface area contributed by atoms with Gasteiger partial charge in [-0.05, 0) is 24.1 Å². The minimum Gasteiger partial charge on any atom is -0.478 e. The number of aromatic carboxylic acids is 1. The maximum absolute atomic E-state index is 12.4. The first-order chi connectivity index (χ1) is 9.66. The number of fused-ring (bicyclic) bond motifs is 1. The molecule has 6 nitrogen and oxygen atoms in total. The highest BCUT2D eigenvalue weighted by atomic mass is 16.4. The smallest absolute Gasteiger partial charge is 0.335 e. The molecule has 100 valence electrons. The highest BCUT2D eigenvalue weighted by Gasteiger charge is 2.26. The molecular formula is C14H11N3O3. The summed E-state index contributed by atoms with van der Waals surface area (Å²) < 4.78 is 0. The number of hydrogen-bond acceptors (Lipinski definition) is 4. The van der Waals surface area contributed by atoms with E-state index in [2.05, 4.69) is 9.97 Å². The van der Waals surface area contributed by atoms with Crippen LogP contribution in [0.5, 0.6) is 0 Å². The Morgan fingerprint density at radius 2 is 1.90 bits per heavy atom. The molecule has 0 saturated heterocycles. The lowest BCUT2D eigenvalue weighted by atomic mass is 10.1. The molecule has 3 rings (SSSR count). The van der Waals surface area contributed by atoms with E-state index in [9.17, 15) is 9.59 Å². The van der Waals surface area contributed by atoms with Crippen LogP contribution in [0.2, 0.25) is 0 Å². The summed E-state index contributed by atoms with van der Waals surface area (Å²) in [6, 6.07) is 4.85. The van der Waals surface area contributed by atoms with Gasteiger partial charge >= 0.3 is 5.97 Å². The molecular weight excluding hydrogens is 258 g/mol. The second-order valence-electron chi connectivity index (χ2n) is 4.48. The molecule has 0 saturated carbocycles. The SMILES string of the molecule is O=C(O)c1ccc2c(c1)N(C(=O)c1cncnc1)CC2. The number of aromatic nitrogens is 2. The monoisotopic (exact) mass is 269 g/mol. The number of nitrogens with zero attached hydrogens (tertiary/aromatic N) is 3. The molecule has 0 unspecified atom stereocenters. The number of carbonyl (C=O) groups excluding carboxylic acids is 1. The molecule has 1 aliphatic rings. The number of benzene rings is 1. The lowest BCUT2D eigenvalue weighted by Gasteiger charge is -2.17. The van der Waals surface area contributed by atoms with Gasteiger partial charge in [0.25, 0.3) is 5.91 Å². The summed E-state index contributed by atoms with van der Waals surface area (Å²) >= 11 is 0. The summed E-state index contributed by atoms with van der Waals surface area (Å²) in [5.74, 6) is -1.22. The minimum atomic E-state index is -1.00. The molecule has 2 heterocycles. The molecule has 0 bridgehead atoms. The van der Waals surface area contributed by atoms with E-state index in [1.807, 2.05) is 0 Å². The predicted octanol–water partition coefficient (Wildman–Crippen LogP) is 1.38. The number of carboxylic acids is 1. The molecule has 20 heavy (non-hydrogen) atoms. The van der Waals surface area contributed by atoms with Crippen molar-refractivity contribution in [2.75, 3.05) is 11.4 Å².